The number of nitrogens with zero attached hydrogens (tertiary/aromatic N) is 1. The monoisotopic (exact) mass is 290 g/mol. The van der Waals surface area contributed by atoms with Gasteiger partial charge in [-0.05, 0) is 64.2 Å². The number of anilines is 1. The number of amides is 1. The van der Waals surface area contributed by atoms with E-state index in [1.54, 1.807) is 0 Å². The number of piperidine rings is 1. The van der Waals surface area contributed by atoms with E-state index in [-0.39, 0.29) is 12.1 Å². The van der Waals surface area contributed by atoms with Gasteiger partial charge in [0.15, 0.2) is 0 Å². The minimum atomic E-state index is -0.440. The van der Waals surface area contributed by atoms with Crippen molar-refractivity contribution >= 4 is 11.8 Å². The van der Waals surface area contributed by atoms with Crippen LogP contribution in [0.4, 0.5) is 10.5 Å². The molecule has 0 unspecified atom stereocenters. The second-order valence-corrected chi connectivity index (χ2v) is 6.91. The molecule has 1 amide bonds. The van der Waals surface area contributed by atoms with Crippen LogP contribution in [0.1, 0.15) is 52.0 Å². The number of carbonyl (C=O) groups excluding carboxylic acids is 1. The van der Waals surface area contributed by atoms with Gasteiger partial charge >= 0.3 is 6.09 Å². The lowest BCUT2D eigenvalue weighted by Crippen LogP contribution is -2.46. The standard InChI is InChI=1S/C17H26N2O2/c1-12-11-14(13-5-7-15(18)8-6-13)9-10-19(12)16(20)21-17(2,3)4/h5-8,12,14H,9-11,18H2,1-4H3/t12-,14+/m0/s1. The third-order valence-corrected chi connectivity index (χ3v) is 3.91. The Morgan fingerprint density at radius 3 is 2.43 bits per heavy atom. The van der Waals surface area contributed by atoms with E-state index in [1.165, 1.54) is 5.56 Å². The van der Waals surface area contributed by atoms with Gasteiger partial charge in [0, 0.05) is 18.3 Å². The van der Waals surface area contributed by atoms with Crippen molar-refractivity contribution in [3.8, 4) is 0 Å². The minimum absolute atomic E-state index is 0.191. The molecule has 1 aliphatic heterocycles. The van der Waals surface area contributed by atoms with Gasteiger partial charge in [-0.3, -0.25) is 0 Å². The van der Waals surface area contributed by atoms with E-state index in [9.17, 15) is 4.79 Å². The molecule has 1 saturated heterocycles. The van der Waals surface area contributed by atoms with Crippen LogP contribution in [-0.4, -0.2) is 29.2 Å². The summed E-state index contributed by atoms with van der Waals surface area (Å²) in [7, 11) is 0. The average Bonchev–Trinajstić information content (AvgIpc) is 2.37. The highest BCUT2D eigenvalue weighted by Gasteiger charge is 2.32. The van der Waals surface area contributed by atoms with Gasteiger partial charge in [-0.1, -0.05) is 12.1 Å². The lowest BCUT2D eigenvalue weighted by Gasteiger charge is -2.38. The average molecular weight is 290 g/mol. The molecule has 0 radical (unpaired) electrons. The molecular weight excluding hydrogens is 264 g/mol. The summed E-state index contributed by atoms with van der Waals surface area (Å²) in [5.74, 6) is 0.485. The molecule has 4 heteroatoms. The molecule has 2 rings (SSSR count). The zero-order chi connectivity index (χ0) is 15.6. The third kappa shape index (κ3) is 4.13. The maximum Gasteiger partial charge on any atom is 0.410 e. The number of nitrogen functional groups attached to an aromatic ring is 1. The summed E-state index contributed by atoms with van der Waals surface area (Å²) >= 11 is 0. The van der Waals surface area contributed by atoms with Gasteiger partial charge in [0.1, 0.15) is 5.60 Å². The number of benzene rings is 1. The summed E-state index contributed by atoms with van der Waals surface area (Å²) in [5, 5.41) is 0. The molecule has 0 spiro atoms. The third-order valence-electron chi connectivity index (χ3n) is 3.91. The Balaban J connectivity index is 1.99. The smallest absolute Gasteiger partial charge is 0.410 e. The van der Waals surface area contributed by atoms with Gasteiger partial charge in [0.25, 0.3) is 0 Å². The van der Waals surface area contributed by atoms with Crippen LogP contribution in [-0.2, 0) is 4.74 Å². The maximum atomic E-state index is 12.2. The van der Waals surface area contributed by atoms with Gasteiger partial charge in [0.05, 0.1) is 0 Å². The van der Waals surface area contributed by atoms with Crippen LogP contribution < -0.4 is 5.73 Å². The molecule has 1 heterocycles. The number of rotatable bonds is 1. The molecular formula is C17H26N2O2. The molecule has 1 aliphatic rings. The first kappa shape index (κ1) is 15.7. The fourth-order valence-corrected chi connectivity index (χ4v) is 2.83. The molecule has 0 saturated carbocycles. The molecule has 1 aromatic rings. The van der Waals surface area contributed by atoms with Crippen LogP contribution in [0.2, 0.25) is 0 Å². The van der Waals surface area contributed by atoms with Crippen molar-refractivity contribution in [3.63, 3.8) is 0 Å². The van der Waals surface area contributed by atoms with Crippen LogP contribution in [0, 0.1) is 0 Å². The summed E-state index contributed by atoms with van der Waals surface area (Å²) in [6, 6.07) is 8.27. The van der Waals surface area contributed by atoms with Crippen LogP contribution in [0.3, 0.4) is 0 Å². The molecule has 1 aromatic carbocycles. The van der Waals surface area contributed by atoms with E-state index in [2.05, 4.69) is 19.1 Å². The quantitative estimate of drug-likeness (QED) is 0.801. The predicted octanol–water partition coefficient (Wildman–Crippen LogP) is 3.77. The van der Waals surface area contributed by atoms with Crippen molar-refractivity contribution in [1.82, 2.24) is 4.90 Å². The van der Waals surface area contributed by atoms with Crippen molar-refractivity contribution in [2.75, 3.05) is 12.3 Å². The van der Waals surface area contributed by atoms with E-state index >= 15 is 0 Å². The van der Waals surface area contributed by atoms with Gasteiger partial charge < -0.3 is 15.4 Å². The van der Waals surface area contributed by atoms with Gasteiger partial charge in [0.2, 0.25) is 0 Å². The number of ether oxygens (including phenoxy) is 1. The Kier molecular flexibility index (Phi) is 4.45. The highest BCUT2D eigenvalue weighted by Crippen LogP contribution is 2.32. The molecule has 0 bridgehead atoms. The Labute approximate surface area is 127 Å². The second kappa shape index (κ2) is 5.96. The lowest BCUT2D eigenvalue weighted by atomic mass is 9.86. The highest BCUT2D eigenvalue weighted by atomic mass is 16.6. The van der Waals surface area contributed by atoms with E-state index in [1.807, 2.05) is 37.8 Å². The first-order valence-electron chi connectivity index (χ1n) is 7.61. The number of carbonyl (C=O) groups is 1. The fraction of sp³-hybridized carbons (Fsp3) is 0.588. The normalized spacial score (nSPS) is 23.0. The van der Waals surface area contributed by atoms with Crippen molar-refractivity contribution in [2.45, 2.75) is 58.1 Å². The first-order valence-corrected chi connectivity index (χ1v) is 7.61. The largest absolute Gasteiger partial charge is 0.444 e. The Morgan fingerprint density at radius 2 is 1.90 bits per heavy atom. The summed E-state index contributed by atoms with van der Waals surface area (Å²) in [6.45, 7) is 8.53. The molecule has 4 nitrogen and oxygen atoms in total. The summed E-state index contributed by atoms with van der Waals surface area (Å²) in [5.41, 5.74) is 7.39. The molecule has 0 aliphatic carbocycles. The van der Waals surface area contributed by atoms with Gasteiger partial charge in [-0.2, -0.15) is 0 Å². The van der Waals surface area contributed by atoms with Crippen molar-refractivity contribution in [2.24, 2.45) is 0 Å². The SMILES string of the molecule is C[C@H]1C[C@H](c2ccc(N)cc2)CCN1C(=O)OC(C)(C)C. The van der Waals surface area contributed by atoms with Crippen molar-refractivity contribution in [3.05, 3.63) is 29.8 Å². The highest BCUT2D eigenvalue weighted by molar-refractivity contribution is 5.68. The van der Waals surface area contributed by atoms with E-state index in [0.717, 1.165) is 25.1 Å². The predicted molar refractivity (Wildman–Crippen MR) is 85.2 cm³/mol. The number of hydrogen-bond donors (Lipinski definition) is 1. The van der Waals surface area contributed by atoms with Crippen molar-refractivity contribution in [1.29, 1.82) is 0 Å². The number of nitrogens with two attached hydrogens (primary N) is 1. The molecule has 21 heavy (non-hydrogen) atoms. The van der Waals surface area contributed by atoms with Gasteiger partial charge in [-0.25, -0.2) is 4.79 Å². The zero-order valence-electron chi connectivity index (χ0n) is 13.4. The first-order chi connectivity index (χ1) is 9.76. The molecule has 0 aromatic heterocycles. The number of likely N-dealkylation sites (tertiary alicyclic amines) is 1. The summed E-state index contributed by atoms with van der Waals surface area (Å²) in [6.07, 6.45) is 1.72. The van der Waals surface area contributed by atoms with Crippen LogP contribution in [0.15, 0.2) is 24.3 Å². The fourth-order valence-electron chi connectivity index (χ4n) is 2.83. The topological polar surface area (TPSA) is 55.6 Å². The zero-order valence-corrected chi connectivity index (χ0v) is 13.4. The van der Waals surface area contributed by atoms with Crippen molar-refractivity contribution < 1.29 is 9.53 Å². The van der Waals surface area contributed by atoms with E-state index < -0.39 is 5.60 Å². The van der Waals surface area contributed by atoms with Crippen LogP contribution in [0.5, 0.6) is 0 Å². The maximum absolute atomic E-state index is 12.2. The van der Waals surface area contributed by atoms with Crippen LogP contribution >= 0.6 is 0 Å². The Bertz CT molecular complexity index is 491. The van der Waals surface area contributed by atoms with Gasteiger partial charge in [-0.15, -0.1) is 0 Å². The van der Waals surface area contributed by atoms with E-state index in [4.69, 9.17) is 10.5 Å². The Morgan fingerprint density at radius 1 is 1.29 bits per heavy atom. The molecule has 2 N–H and O–H groups in total. The minimum Gasteiger partial charge on any atom is -0.444 e. The molecule has 2 atom stereocenters. The second-order valence-electron chi connectivity index (χ2n) is 6.91. The van der Waals surface area contributed by atoms with Crippen LogP contribution in [0.25, 0.3) is 0 Å². The molecule has 116 valence electrons. The summed E-state index contributed by atoms with van der Waals surface area (Å²) in [4.78, 5) is 14.0. The lowest BCUT2D eigenvalue weighted by molar-refractivity contribution is 0.0104. The Hall–Kier alpha value is -1.71. The summed E-state index contributed by atoms with van der Waals surface area (Å²) < 4.78 is 5.47. The molecule has 1 fully saturated rings. The number of hydrogen-bond acceptors (Lipinski definition) is 3. The van der Waals surface area contributed by atoms with E-state index in [0.29, 0.717) is 5.92 Å².